The number of alkyl halides is 6. The van der Waals surface area contributed by atoms with Gasteiger partial charge in [-0.2, -0.15) is 26.3 Å². The largest absolute Gasteiger partial charge is 0.496 e. The van der Waals surface area contributed by atoms with Gasteiger partial charge in [0.15, 0.2) is 5.78 Å². The maximum Gasteiger partial charge on any atom is 0.417 e. The molecule has 1 aromatic carbocycles. The Bertz CT molecular complexity index is 501. The molecule has 0 heterocycles. The van der Waals surface area contributed by atoms with Gasteiger partial charge >= 0.3 is 12.4 Å². The number of hydrogen-bond acceptors (Lipinski definition) is 2. The van der Waals surface area contributed by atoms with E-state index in [-0.39, 0.29) is 6.07 Å². The molecule has 0 fully saturated rings. The molecule has 0 radical (unpaired) electrons. The zero-order valence-electron chi connectivity index (χ0n) is 9.74. The molecule has 0 aliphatic heterocycles. The van der Waals surface area contributed by atoms with Crippen LogP contribution in [0, 0.1) is 0 Å². The van der Waals surface area contributed by atoms with Crippen LogP contribution in [0.4, 0.5) is 26.3 Å². The highest BCUT2D eigenvalue weighted by Crippen LogP contribution is 2.44. The van der Waals surface area contributed by atoms with Crippen LogP contribution >= 0.6 is 0 Å². The van der Waals surface area contributed by atoms with Crippen LogP contribution in [-0.4, -0.2) is 12.9 Å². The average molecular weight is 286 g/mol. The lowest BCUT2D eigenvalue weighted by atomic mass is 9.96. The highest BCUT2D eigenvalue weighted by molar-refractivity contribution is 5.99. The highest BCUT2D eigenvalue weighted by atomic mass is 19.4. The second-order valence-corrected chi connectivity index (χ2v) is 3.62. The van der Waals surface area contributed by atoms with E-state index in [1.165, 1.54) is 0 Å². The Labute approximate surface area is 104 Å². The van der Waals surface area contributed by atoms with Gasteiger partial charge in [0, 0.05) is 0 Å². The summed E-state index contributed by atoms with van der Waals surface area (Å²) in [7, 11) is 0.967. The minimum Gasteiger partial charge on any atom is -0.496 e. The number of methoxy groups -OCH3 is 1. The Hall–Kier alpha value is -1.73. The lowest BCUT2D eigenvalue weighted by molar-refractivity contribution is -0.162. The van der Waals surface area contributed by atoms with Crippen LogP contribution in [-0.2, 0) is 12.4 Å². The smallest absolute Gasteiger partial charge is 0.417 e. The fraction of sp³-hybridized carbons (Fsp3) is 0.364. The Balaban J connectivity index is 3.81. The van der Waals surface area contributed by atoms with Crippen LogP contribution in [0.15, 0.2) is 12.1 Å². The van der Waals surface area contributed by atoms with Crippen LogP contribution in [0.25, 0.3) is 0 Å². The van der Waals surface area contributed by atoms with Crippen LogP contribution in [0.1, 0.15) is 28.4 Å². The summed E-state index contributed by atoms with van der Waals surface area (Å²) in [6.07, 6.45) is -10.5. The van der Waals surface area contributed by atoms with Crippen molar-refractivity contribution in [2.75, 3.05) is 7.11 Å². The minimum atomic E-state index is -5.32. The second kappa shape index (κ2) is 4.75. The van der Waals surface area contributed by atoms with Crippen molar-refractivity contribution in [2.24, 2.45) is 0 Å². The first-order chi connectivity index (χ1) is 8.50. The molecule has 106 valence electrons. The van der Waals surface area contributed by atoms with E-state index in [0.29, 0.717) is 6.07 Å². The molecule has 0 bridgehead atoms. The molecular formula is C11H8F6O2. The third kappa shape index (κ3) is 2.99. The van der Waals surface area contributed by atoms with Gasteiger partial charge in [-0.1, -0.05) is 0 Å². The number of hydrogen-bond donors (Lipinski definition) is 0. The van der Waals surface area contributed by atoms with Gasteiger partial charge in [0.1, 0.15) is 5.75 Å². The summed E-state index contributed by atoms with van der Waals surface area (Å²) < 4.78 is 80.8. The van der Waals surface area contributed by atoms with E-state index in [9.17, 15) is 31.1 Å². The molecule has 0 spiro atoms. The topological polar surface area (TPSA) is 26.3 Å². The molecule has 2 nitrogen and oxygen atoms in total. The van der Waals surface area contributed by atoms with Gasteiger partial charge < -0.3 is 4.74 Å². The fourth-order valence-electron chi connectivity index (χ4n) is 1.63. The maximum absolute atomic E-state index is 12.8. The predicted octanol–water partition coefficient (Wildman–Crippen LogP) is 3.94. The zero-order valence-corrected chi connectivity index (χ0v) is 9.74. The molecule has 0 saturated carbocycles. The van der Waals surface area contributed by atoms with Crippen molar-refractivity contribution in [2.45, 2.75) is 19.3 Å². The third-order valence-electron chi connectivity index (χ3n) is 2.33. The zero-order chi connectivity index (χ0) is 15.0. The number of ketones is 1. The standard InChI is InChI=1S/C11H8F6O2/c1-5(18)8-7(19-2)4-3-6(10(12,13)14)9(8)11(15,16)17/h3-4H,1-2H3. The van der Waals surface area contributed by atoms with Crippen LogP contribution < -0.4 is 4.74 Å². The average Bonchev–Trinajstić information content (AvgIpc) is 2.24. The Kier molecular flexibility index (Phi) is 3.83. The van der Waals surface area contributed by atoms with Crippen molar-refractivity contribution in [1.29, 1.82) is 0 Å². The summed E-state index contributed by atoms with van der Waals surface area (Å²) >= 11 is 0. The first-order valence-corrected chi connectivity index (χ1v) is 4.86. The van der Waals surface area contributed by atoms with E-state index in [2.05, 4.69) is 4.74 Å². The van der Waals surface area contributed by atoms with Gasteiger partial charge in [-0.25, -0.2) is 0 Å². The van der Waals surface area contributed by atoms with Gasteiger partial charge in [-0.05, 0) is 19.1 Å². The van der Waals surface area contributed by atoms with Crippen LogP contribution in [0.2, 0.25) is 0 Å². The Morgan fingerprint density at radius 2 is 1.58 bits per heavy atom. The molecular weight excluding hydrogens is 278 g/mol. The molecule has 1 rings (SSSR count). The number of rotatable bonds is 2. The monoisotopic (exact) mass is 286 g/mol. The molecule has 8 heteroatoms. The maximum atomic E-state index is 12.8. The summed E-state index contributed by atoms with van der Waals surface area (Å²) in [5.74, 6) is -1.71. The molecule has 0 atom stereocenters. The van der Waals surface area contributed by atoms with Gasteiger partial charge in [0.05, 0.1) is 23.8 Å². The summed E-state index contributed by atoms with van der Waals surface area (Å²) in [5, 5.41) is 0. The summed E-state index contributed by atoms with van der Waals surface area (Å²) in [6.45, 7) is 0.743. The van der Waals surface area contributed by atoms with Crippen molar-refractivity contribution >= 4 is 5.78 Å². The quantitative estimate of drug-likeness (QED) is 0.608. The number of carbonyl (C=O) groups excluding carboxylic acids is 1. The predicted molar refractivity (Wildman–Crippen MR) is 53.0 cm³/mol. The lowest BCUT2D eigenvalue weighted by Crippen LogP contribution is -2.21. The molecule has 0 amide bonds. The number of benzene rings is 1. The number of Topliss-reactive ketones (excluding diaryl/α,β-unsaturated/α-hetero) is 1. The molecule has 0 aliphatic carbocycles. The lowest BCUT2D eigenvalue weighted by Gasteiger charge is -2.19. The highest BCUT2D eigenvalue weighted by Gasteiger charge is 2.46. The van der Waals surface area contributed by atoms with Crippen molar-refractivity contribution in [3.63, 3.8) is 0 Å². The second-order valence-electron chi connectivity index (χ2n) is 3.62. The van der Waals surface area contributed by atoms with E-state index < -0.39 is 40.6 Å². The normalized spacial score (nSPS) is 12.4. The summed E-state index contributed by atoms with van der Waals surface area (Å²) in [4.78, 5) is 11.2. The van der Waals surface area contributed by atoms with Gasteiger partial charge in [-0.3, -0.25) is 4.79 Å². The van der Waals surface area contributed by atoms with E-state index in [0.717, 1.165) is 14.0 Å². The molecule has 0 saturated heterocycles. The third-order valence-corrected chi connectivity index (χ3v) is 2.33. The summed E-state index contributed by atoms with van der Waals surface area (Å²) in [6, 6.07) is 0.933. The van der Waals surface area contributed by atoms with Crippen molar-refractivity contribution in [3.05, 3.63) is 28.8 Å². The van der Waals surface area contributed by atoms with Crippen molar-refractivity contribution < 1.29 is 35.9 Å². The molecule has 0 unspecified atom stereocenters. The van der Waals surface area contributed by atoms with Crippen molar-refractivity contribution in [3.8, 4) is 5.75 Å². The van der Waals surface area contributed by atoms with E-state index in [1.807, 2.05) is 0 Å². The van der Waals surface area contributed by atoms with Crippen molar-refractivity contribution in [1.82, 2.24) is 0 Å². The Morgan fingerprint density at radius 1 is 1.05 bits per heavy atom. The molecule has 1 aromatic rings. The first kappa shape index (κ1) is 15.3. The number of ether oxygens (including phenoxy) is 1. The van der Waals surface area contributed by atoms with E-state index in [4.69, 9.17) is 0 Å². The molecule has 0 aliphatic rings. The molecule has 0 aromatic heterocycles. The van der Waals surface area contributed by atoms with Gasteiger partial charge in [0.25, 0.3) is 0 Å². The number of carbonyl (C=O) groups is 1. The number of halogens is 6. The van der Waals surface area contributed by atoms with Gasteiger partial charge in [0.2, 0.25) is 0 Å². The van der Waals surface area contributed by atoms with E-state index >= 15 is 0 Å². The molecule has 0 N–H and O–H groups in total. The first-order valence-electron chi connectivity index (χ1n) is 4.86. The van der Waals surface area contributed by atoms with E-state index in [1.54, 1.807) is 0 Å². The van der Waals surface area contributed by atoms with Gasteiger partial charge in [-0.15, -0.1) is 0 Å². The Morgan fingerprint density at radius 3 is 1.89 bits per heavy atom. The fourth-order valence-corrected chi connectivity index (χ4v) is 1.63. The SMILES string of the molecule is COc1ccc(C(F)(F)F)c(C(F)(F)F)c1C(C)=O. The summed E-state index contributed by atoms with van der Waals surface area (Å²) in [5.41, 5.74) is -5.05. The van der Waals surface area contributed by atoms with Crippen LogP contribution in [0.3, 0.4) is 0 Å². The van der Waals surface area contributed by atoms with Crippen LogP contribution in [0.5, 0.6) is 5.75 Å². The minimum absolute atomic E-state index is 0.244. The molecule has 19 heavy (non-hydrogen) atoms.